The van der Waals surface area contributed by atoms with E-state index in [1.807, 2.05) is 0 Å². The number of carbonyl (C=O) groups is 1. The van der Waals surface area contributed by atoms with Crippen LogP contribution >= 0.6 is 0 Å². The average molecular weight is 769 g/mol. The summed E-state index contributed by atoms with van der Waals surface area (Å²) in [5.41, 5.74) is 0. The molecule has 318 valence electrons. The molecule has 9 nitrogen and oxygen atoms in total. The Morgan fingerprint density at radius 1 is 0.593 bits per heavy atom. The van der Waals surface area contributed by atoms with Crippen molar-refractivity contribution in [2.24, 2.45) is 0 Å². The van der Waals surface area contributed by atoms with E-state index in [9.17, 15) is 25.2 Å². The smallest absolute Gasteiger partial charge is 0.306 e. The third kappa shape index (κ3) is 28.1. The van der Waals surface area contributed by atoms with Crippen molar-refractivity contribution >= 4 is 5.97 Å². The maximum Gasteiger partial charge on any atom is 0.306 e. The second-order valence-corrected chi connectivity index (χ2v) is 15.5. The second kappa shape index (κ2) is 37.3. The fraction of sp³-hybridized carbons (Fsp3) is 0.889. The molecule has 0 bridgehead atoms. The first kappa shape index (κ1) is 50.7. The summed E-state index contributed by atoms with van der Waals surface area (Å²) in [6.07, 6.45) is 34.9. The van der Waals surface area contributed by atoms with E-state index in [1.54, 1.807) is 0 Å². The lowest BCUT2D eigenvalue weighted by Crippen LogP contribution is -2.59. The molecule has 9 heteroatoms. The minimum absolute atomic E-state index is 0.112. The highest BCUT2D eigenvalue weighted by molar-refractivity contribution is 5.69. The Morgan fingerprint density at radius 2 is 1.07 bits per heavy atom. The minimum Gasteiger partial charge on any atom is -0.457 e. The Morgan fingerprint density at radius 3 is 1.61 bits per heavy atom. The fourth-order valence-electron chi connectivity index (χ4n) is 6.82. The van der Waals surface area contributed by atoms with E-state index in [0.717, 1.165) is 38.5 Å². The van der Waals surface area contributed by atoms with E-state index >= 15 is 0 Å². The lowest BCUT2D eigenvalue weighted by Gasteiger charge is -2.39. The molecular formula is C45H84O9. The molecule has 1 aliphatic heterocycles. The van der Waals surface area contributed by atoms with Crippen molar-refractivity contribution in [3.8, 4) is 0 Å². The fourth-order valence-corrected chi connectivity index (χ4v) is 6.82. The quantitative estimate of drug-likeness (QED) is 0.0275. The second-order valence-electron chi connectivity index (χ2n) is 15.5. The summed E-state index contributed by atoms with van der Waals surface area (Å²) in [5.74, 6) is -0.315. The molecule has 1 fully saturated rings. The van der Waals surface area contributed by atoms with Crippen LogP contribution in [0, 0.1) is 0 Å². The van der Waals surface area contributed by atoms with Gasteiger partial charge in [0.1, 0.15) is 30.5 Å². The third-order valence-corrected chi connectivity index (χ3v) is 10.4. The number of aliphatic hydroxyl groups is 4. The van der Waals surface area contributed by atoms with Gasteiger partial charge in [0.05, 0.1) is 19.8 Å². The van der Waals surface area contributed by atoms with Crippen LogP contribution in [-0.2, 0) is 23.7 Å². The zero-order chi connectivity index (χ0) is 39.3. The average Bonchev–Trinajstić information content (AvgIpc) is 3.17. The molecule has 0 radical (unpaired) electrons. The molecule has 0 aromatic carbocycles. The van der Waals surface area contributed by atoms with Gasteiger partial charge in [-0.05, 0) is 44.9 Å². The van der Waals surface area contributed by atoms with Gasteiger partial charge >= 0.3 is 5.97 Å². The van der Waals surface area contributed by atoms with Gasteiger partial charge in [0.15, 0.2) is 6.29 Å². The van der Waals surface area contributed by atoms with Gasteiger partial charge in [0.25, 0.3) is 0 Å². The van der Waals surface area contributed by atoms with Gasteiger partial charge in [-0.3, -0.25) is 4.79 Å². The van der Waals surface area contributed by atoms with Gasteiger partial charge in [-0.1, -0.05) is 167 Å². The Balaban J connectivity index is 2.25. The first-order valence-electron chi connectivity index (χ1n) is 22.4. The molecule has 54 heavy (non-hydrogen) atoms. The largest absolute Gasteiger partial charge is 0.457 e. The van der Waals surface area contributed by atoms with Crippen molar-refractivity contribution in [2.45, 2.75) is 230 Å². The SMILES string of the molecule is CCCCCC/C=C\C/C=C\CCCCCCCCCCOCC(COC1OC(CO)C(O)C(O)C1O)OC(=O)CCCCCCCCCCCCCC. The Kier molecular flexibility index (Phi) is 35.0. The van der Waals surface area contributed by atoms with E-state index < -0.39 is 43.4 Å². The van der Waals surface area contributed by atoms with Crippen LogP contribution in [0.2, 0.25) is 0 Å². The van der Waals surface area contributed by atoms with Crippen LogP contribution in [0.1, 0.15) is 194 Å². The summed E-state index contributed by atoms with van der Waals surface area (Å²) < 4.78 is 22.8. The van der Waals surface area contributed by atoms with Crippen molar-refractivity contribution in [1.82, 2.24) is 0 Å². The standard InChI is InChI=1S/C45H84O9/c1-3-5-7-9-11-13-15-17-18-19-20-21-22-23-25-27-29-31-33-35-51-37-39(38-52-45-44(50)43(49)42(48)40(36-46)54-45)53-41(47)34-32-30-28-26-24-16-14-12-10-8-6-4-2/h13,15,18-19,39-40,42-46,48-50H,3-12,14,16-17,20-38H2,1-2H3/b15-13-,19-18-. The van der Waals surface area contributed by atoms with Crippen molar-refractivity contribution in [2.75, 3.05) is 26.4 Å². The summed E-state index contributed by atoms with van der Waals surface area (Å²) in [6.45, 7) is 4.54. The summed E-state index contributed by atoms with van der Waals surface area (Å²) in [4.78, 5) is 12.7. The van der Waals surface area contributed by atoms with Crippen molar-refractivity contribution < 1.29 is 44.2 Å². The molecular weight excluding hydrogens is 684 g/mol. The molecule has 1 aliphatic rings. The number of ether oxygens (including phenoxy) is 4. The Bertz CT molecular complexity index is 879. The monoisotopic (exact) mass is 769 g/mol. The van der Waals surface area contributed by atoms with Gasteiger partial charge in [-0.25, -0.2) is 0 Å². The minimum atomic E-state index is -1.53. The normalized spacial score (nSPS) is 21.0. The maximum atomic E-state index is 12.7. The molecule has 0 amide bonds. The molecule has 1 rings (SSSR count). The van der Waals surface area contributed by atoms with Crippen LogP contribution in [0.3, 0.4) is 0 Å². The molecule has 6 atom stereocenters. The van der Waals surface area contributed by atoms with E-state index in [1.165, 1.54) is 135 Å². The maximum absolute atomic E-state index is 12.7. The van der Waals surface area contributed by atoms with E-state index in [4.69, 9.17) is 18.9 Å². The molecule has 1 heterocycles. The zero-order valence-electron chi connectivity index (χ0n) is 34.7. The van der Waals surface area contributed by atoms with Gasteiger partial charge in [-0.2, -0.15) is 0 Å². The Labute approximate surface area is 330 Å². The number of rotatable bonds is 38. The van der Waals surface area contributed by atoms with Crippen LogP contribution < -0.4 is 0 Å². The van der Waals surface area contributed by atoms with Gasteiger partial charge in [0, 0.05) is 13.0 Å². The number of hydrogen-bond acceptors (Lipinski definition) is 9. The predicted octanol–water partition coefficient (Wildman–Crippen LogP) is 9.81. The van der Waals surface area contributed by atoms with Crippen LogP contribution in [0.5, 0.6) is 0 Å². The van der Waals surface area contributed by atoms with E-state index in [-0.39, 0.29) is 19.2 Å². The highest BCUT2D eigenvalue weighted by Crippen LogP contribution is 2.22. The van der Waals surface area contributed by atoms with Crippen LogP contribution in [0.15, 0.2) is 24.3 Å². The van der Waals surface area contributed by atoms with Gasteiger partial charge < -0.3 is 39.4 Å². The van der Waals surface area contributed by atoms with Crippen LogP contribution in [-0.4, -0.2) is 89.6 Å². The third-order valence-electron chi connectivity index (χ3n) is 10.4. The van der Waals surface area contributed by atoms with E-state index in [2.05, 4.69) is 38.2 Å². The van der Waals surface area contributed by atoms with Crippen molar-refractivity contribution in [1.29, 1.82) is 0 Å². The molecule has 6 unspecified atom stereocenters. The van der Waals surface area contributed by atoms with Gasteiger partial charge in [0.2, 0.25) is 0 Å². The van der Waals surface area contributed by atoms with Crippen LogP contribution in [0.25, 0.3) is 0 Å². The predicted molar refractivity (Wildman–Crippen MR) is 219 cm³/mol. The number of hydrogen-bond donors (Lipinski definition) is 4. The number of allylic oxidation sites excluding steroid dienone is 4. The number of aliphatic hydroxyl groups excluding tert-OH is 4. The highest BCUT2D eigenvalue weighted by atomic mass is 16.7. The topological polar surface area (TPSA) is 135 Å². The molecule has 0 saturated carbocycles. The molecule has 0 spiro atoms. The summed E-state index contributed by atoms with van der Waals surface area (Å²) in [6, 6.07) is 0. The van der Waals surface area contributed by atoms with Crippen molar-refractivity contribution in [3.05, 3.63) is 24.3 Å². The summed E-state index contributed by atoms with van der Waals surface area (Å²) >= 11 is 0. The lowest BCUT2D eigenvalue weighted by atomic mass is 9.99. The van der Waals surface area contributed by atoms with Crippen molar-refractivity contribution in [3.63, 3.8) is 0 Å². The number of carbonyl (C=O) groups excluding carboxylic acids is 1. The first-order chi connectivity index (χ1) is 26.4. The highest BCUT2D eigenvalue weighted by Gasteiger charge is 2.44. The molecule has 4 N–H and O–H groups in total. The molecule has 1 saturated heterocycles. The summed E-state index contributed by atoms with van der Waals surface area (Å²) in [7, 11) is 0. The van der Waals surface area contributed by atoms with Gasteiger partial charge in [-0.15, -0.1) is 0 Å². The molecule has 0 aromatic rings. The lowest BCUT2D eigenvalue weighted by molar-refractivity contribution is -0.305. The zero-order valence-corrected chi connectivity index (χ0v) is 34.7. The summed E-state index contributed by atoms with van der Waals surface area (Å²) in [5, 5.41) is 40.1. The first-order valence-corrected chi connectivity index (χ1v) is 22.4. The van der Waals surface area contributed by atoms with Crippen LogP contribution in [0.4, 0.5) is 0 Å². The Hall–Kier alpha value is -1.33. The number of unbranched alkanes of at least 4 members (excludes halogenated alkanes) is 23. The number of esters is 1. The van der Waals surface area contributed by atoms with E-state index in [0.29, 0.717) is 13.0 Å². The molecule has 0 aromatic heterocycles. The molecule has 0 aliphatic carbocycles.